The van der Waals surface area contributed by atoms with E-state index in [0.29, 0.717) is 5.69 Å². The molecule has 1 aromatic carbocycles. The molecule has 1 N–H and O–H groups in total. The summed E-state index contributed by atoms with van der Waals surface area (Å²) in [6.45, 7) is 8.97. The second kappa shape index (κ2) is 16.0. The van der Waals surface area contributed by atoms with Gasteiger partial charge in [-0.15, -0.1) is 0 Å². The molecule has 0 unspecified atom stereocenters. The number of aliphatic hydroxyl groups is 1. The second-order valence-corrected chi connectivity index (χ2v) is 16.4. The van der Waals surface area contributed by atoms with Crippen LogP contribution in [-0.4, -0.2) is 113 Å². The maximum Gasteiger partial charge on any atom is 0.340 e. The maximum atomic E-state index is 14.2. The highest BCUT2D eigenvalue weighted by Gasteiger charge is 2.90. The molecule has 4 aliphatic rings. The first-order valence-corrected chi connectivity index (χ1v) is 19.3. The van der Waals surface area contributed by atoms with E-state index in [1.165, 1.54) is 51.2 Å². The molecule has 1 aromatic heterocycles. The van der Waals surface area contributed by atoms with Gasteiger partial charge < -0.3 is 43.0 Å². The van der Waals surface area contributed by atoms with Gasteiger partial charge in [-0.3, -0.25) is 29.0 Å². The van der Waals surface area contributed by atoms with Crippen LogP contribution in [0.5, 0.6) is 0 Å². The molecule has 2 aliphatic carbocycles. The minimum absolute atomic E-state index is 0.00448. The topological polar surface area (TPSA) is 226 Å². The highest BCUT2D eigenvalue weighted by molar-refractivity contribution is 5.91. The molecule has 11 atom stereocenters. The third-order valence-corrected chi connectivity index (χ3v) is 12.2. The number of aryl methyl sites for hydroxylation is 1. The lowest BCUT2D eigenvalue weighted by Crippen LogP contribution is -2.86. The number of benzene rings is 1. The number of carbonyl (C=O) groups excluding carboxylic acids is 7. The molecule has 59 heavy (non-hydrogen) atoms. The zero-order valence-corrected chi connectivity index (χ0v) is 34.1. The molecule has 6 rings (SSSR count). The van der Waals surface area contributed by atoms with E-state index in [9.17, 15) is 38.7 Å². The summed E-state index contributed by atoms with van der Waals surface area (Å²) < 4.78 is 49.9. The van der Waals surface area contributed by atoms with Crippen LogP contribution in [0.4, 0.5) is 0 Å². The van der Waals surface area contributed by atoms with Gasteiger partial charge in [0.2, 0.25) is 0 Å². The molecule has 2 saturated carbocycles. The first kappa shape index (κ1) is 43.2. The van der Waals surface area contributed by atoms with Crippen LogP contribution in [0.3, 0.4) is 0 Å². The van der Waals surface area contributed by atoms with E-state index in [4.69, 9.17) is 37.9 Å². The normalized spacial score (nSPS) is 34.7. The van der Waals surface area contributed by atoms with Gasteiger partial charge in [-0.05, 0) is 44.0 Å². The molecule has 17 heteroatoms. The smallest absolute Gasteiger partial charge is 0.340 e. The van der Waals surface area contributed by atoms with Crippen molar-refractivity contribution in [3.8, 4) is 0 Å². The lowest BCUT2D eigenvalue weighted by Gasteiger charge is -2.68. The second-order valence-electron chi connectivity index (χ2n) is 16.4. The molecule has 318 valence electrons. The Labute approximate surface area is 340 Å². The Kier molecular flexibility index (Phi) is 11.7. The third kappa shape index (κ3) is 7.21. The van der Waals surface area contributed by atoms with Crippen LogP contribution in [0.25, 0.3) is 0 Å². The van der Waals surface area contributed by atoms with Crippen LogP contribution in [0.2, 0.25) is 0 Å². The molecule has 3 fully saturated rings. The summed E-state index contributed by atoms with van der Waals surface area (Å²) in [6.07, 6.45) is -9.12. The lowest BCUT2D eigenvalue weighted by atomic mass is 9.42. The fourth-order valence-electron chi connectivity index (χ4n) is 9.81. The molecule has 0 amide bonds. The highest BCUT2D eigenvalue weighted by Crippen LogP contribution is 2.72. The molecular weight excluding hydrogens is 774 g/mol. The number of aliphatic hydroxyl groups excluding tert-OH is 1. The van der Waals surface area contributed by atoms with Crippen molar-refractivity contribution in [1.29, 1.82) is 0 Å². The Bertz CT molecular complexity index is 2020. The largest absolute Gasteiger partial charge is 0.465 e. The predicted octanol–water partition coefficient (Wildman–Crippen LogP) is 2.86. The van der Waals surface area contributed by atoms with Crippen molar-refractivity contribution in [2.45, 2.75) is 116 Å². The van der Waals surface area contributed by atoms with E-state index < -0.39 is 125 Å². The SMILES string of the molecule is CC(=O)OC[C@]12[C@H](OC(C)=O)[C@H](OC(C)=O)[C@H]3[C@@H](OC(C)=O)[C@@]14O[C@@]3(C)COC(=O)c1cccnc1CC[C@H](C)C(=O)O[C@H]([C@H](O)[C@@H]2OC(=O)c1ccccc1)C4(C)C. The molecule has 17 nitrogen and oxygen atoms in total. The Morgan fingerprint density at radius 2 is 1.47 bits per heavy atom. The van der Waals surface area contributed by atoms with Crippen LogP contribution >= 0.6 is 0 Å². The monoisotopic (exact) mass is 823 g/mol. The van der Waals surface area contributed by atoms with Crippen molar-refractivity contribution < 1.29 is 76.6 Å². The standard InChI is InChI=1S/C42H49NO16/c1-21-16-17-28-27(15-12-18-43-28)38(51)53-19-40(8)29-31(54-23(3)45)35(56-25(5)47)41(20-52-22(2)44)34(58-37(50)26-13-10-9-11-14-26)30(48)33(57-36(21)49)39(6,7)42(41,59-40)32(29)55-24(4)46/h9-15,18,21,29-35,48H,16-17,19-20H2,1-8H3/t21-,29-,30-,31+,32+,33+,34-,35+,40-,41-,42-/m0/s1. The van der Waals surface area contributed by atoms with Crippen LogP contribution in [0.1, 0.15) is 88.2 Å². The summed E-state index contributed by atoms with van der Waals surface area (Å²) in [5, 5.41) is 12.8. The van der Waals surface area contributed by atoms with Crippen LogP contribution in [-0.2, 0) is 68.3 Å². The first-order valence-electron chi connectivity index (χ1n) is 19.3. The van der Waals surface area contributed by atoms with E-state index in [1.54, 1.807) is 25.1 Å². The van der Waals surface area contributed by atoms with Gasteiger partial charge in [-0.2, -0.15) is 0 Å². The zero-order valence-electron chi connectivity index (χ0n) is 34.1. The molecule has 1 saturated heterocycles. The van der Waals surface area contributed by atoms with Crippen molar-refractivity contribution in [3.05, 3.63) is 65.5 Å². The Morgan fingerprint density at radius 1 is 0.831 bits per heavy atom. The highest BCUT2D eigenvalue weighted by atomic mass is 16.7. The number of fused-ring (bicyclic) bond motifs is 5. The van der Waals surface area contributed by atoms with Crippen molar-refractivity contribution in [1.82, 2.24) is 4.98 Å². The fraction of sp³-hybridized carbons (Fsp3) is 0.571. The van der Waals surface area contributed by atoms with Crippen molar-refractivity contribution in [3.63, 3.8) is 0 Å². The first-order chi connectivity index (χ1) is 27.7. The molecule has 1 spiro atoms. The quantitative estimate of drug-likeness (QED) is 0.313. The maximum absolute atomic E-state index is 14.2. The summed E-state index contributed by atoms with van der Waals surface area (Å²) in [5.74, 6) is -8.52. The Balaban J connectivity index is 1.74. The summed E-state index contributed by atoms with van der Waals surface area (Å²) >= 11 is 0. The number of carbonyl (C=O) groups is 7. The predicted molar refractivity (Wildman–Crippen MR) is 199 cm³/mol. The van der Waals surface area contributed by atoms with Gasteiger partial charge in [0.15, 0.2) is 6.10 Å². The number of nitrogens with zero attached hydrogens (tertiary/aromatic N) is 1. The molecule has 3 heterocycles. The number of pyridine rings is 1. The van der Waals surface area contributed by atoms with E-state index >= 15 is 0 Å². The number of rotatable bonds is 7. The van der Waals surface area contributed by atoms with Gasteiger partial charge in [0.1, 0.15) is 60.4 Å². The van der Waals surface area contributed by atoms with E-state index in [0.717, 1.165) is 27.7 Å². The minimum atomic E-state index is -2.38. The van der Waals surface area contributed by atoms with Gasteiger partial charge in [-0.1, -0.05) is 39.0 Å². The number of ether oxygens (including phenoxy) is 8. The van der Waals surface area contributed by atoms with Gasteiger partial charge >= 0.3 is 41.8 Å². The van der Waals surface area contributed by atoms with E-state index in [-0.39, 0.29) is 24.0 Å². The van der Waals surface area contributed by atoms with Crippen molar-refractivity contribution in [2.75, 3.05) is 13.2 Å². The van der Waals surface area contributed by atoms with Crippen molar-refractivity contribution >= 4 is 41.8 Å². The summed E-state index contributed by atoms with van der Waals surface area (Å²) in [6, 6.07) is 10.7. The third-order valence-electron chi connectivity index (χ3n) is 12.2. The molecule has 4 bridgehead atoms. The van der Waals surface area contributed by atoms with E-state index in [1.807, 2.05) is 0 Å². The number of aromatic nitrogens is 1. The van der Waals surface area contributed by atoms with Gasteiger partial charge in [0.05, 0.1) is 28.7 Å². The number of esters is 7. The number of hydrogen-bond acceptors (Lipinski definition) is 17. The summed E-state index contributed by atoms with van der Waals surface area (Å²) in [7, 11) is 0. The zero-order chi connectivity index (χ0) is 43.2. The van der Waals surface area contributed by atoms with E-state index in [2.05, 4.69) is 4.98 Å². The lowest BCUT2D eigenvalue weighted by molar-refractivity contribution is -0.369. The Hall–Kier alpha value is -5.42. The van der Waals surface area contributed by atoms with Gasteiger partial charge in [-0.25, -0.2) is 9.59 Å². The van der Waals surface area contributed by atoms with Crippen LogP contribution in [0, 0.1) is 22.7 Å². The van der Waals surface area contributed by atoms with Crippen molar-refractivity contribution in [2.24, 2.45) is 22.7 Å². The van der Waals surface area contributed by atoms with Crippen LogP contribution < -0.4 is 0 Å². The summed E-state index contributed by atoms with van der Waals surface area (Å²) in [5.41, 5.74) is -7.94. The fourth-order valence-corrected chi connectivity index (χ4v) is 9.81. The molecule has 0 radical (unpaired) electrons. The number of cyclic esters (lactones) is 1. The average molecular weight is 824 g/mol. The molecule has 2 aliphatic heterocycles. The van der Waals surface area contributed by atoms with Gasteiger partial charge in [0, 0.05) is 39.3 Å². The minimum Gasteiger partial charge on any atom is -0.465 e. The molecular formula is C42H49NO16. The van der Waals surface area contributed by atoms with Gasteiger partial charge in [0.25, 0.3) is 0 Å². The summed E-state index contributed by atoms with van der Waals surface area (Å²) in [4.78, 5) is 99.6. The van der Waals surface area contributed by atoms with Crippen LogP contribution in [0.15, 0.2) is 48.7 Å². The molecule has 2 aromatic rings. The Morgan fingerprint density at radius 3 is 2.10 bits per heavy atom. The number of hydrogen-bond donors (Lipinski definition) is 1. The average Bonchev–Trinajstić information content (AvgIpc) is 3.39.